The molecule has 1 aliphatic heterocycles. The molecule has 1 aliphatic rings. The Balaban J connectivity index is 1.77. The fourth-order valence-electron chi connectivity index (χ4n) is 2.68. The van der Waals surface area contributed by atoms with Crippen LogP contribution in [-0.2, 0) is 4.79 Å². The number of anilines is 1. The molecule has 5 heteroatoms. The highest BCUT2D eigenvalue weighted by molar-refractivity contribution is 5.77. The third kappa shape index (κ3) is 3.02. The van der Waals surface area contributed by atoms with E-state index in [9.17, 15) is 4.79 Å². The minimum absolute atomic E-state index is 0.00307. The Bertz CT molecular complexity index is 621. The Kier molecular flexibility index (Phi) is 3.81. The van der Waals surface area contributed by atoms with Gasteiger partial charge < -0.3 is 10.6 Å². The largest absolute Gasteiger partial charge is 0.369 e. The number of aromatic nitrogens is 2. The van der Waals surface area contributed by atoms with Crippen LogP contribution in [0.5, 0.6) is 0 Å². The summed E-state index contributed by atoms with van der Waals surface area (Å²) in [7, 11) is 0. The van der Waals surface area contributed by atoms with Crippen LogP contribution in [0.15, 0.2) is 42.7 Å². The van der Waals surface area contributed by atoms with Gasteiger partial charge in [0.05, 0.1) is 5.69 Å². The van der Waals surface area contributed by atoms with Crippen molar-refractivity contribution in [3.63, 3.8) is 0 Å². The van der Waals surface area contributed by atoms with Crippen LogP contribution in [0.2, 0.25) is 0 Å². The molecule has 0 bridgehead atoms. The summed E-state index contributed by atoms with van der Waals surface area (Å²) in [6.45, 7) is 1.61. The average molecular weight is 282 g/mol. The second-order valence-electron chi connectivity index (χ2n) is 5.29. The molecule has 0 radical (unpaired) electrons. The van der Waals surface area contributed by atoms with Crippen LogP contribution in [-0.4, -0.2) is 29.0 Å². The zero-order valence-electron chi connectivity index (χ0n) is 11.8. The minimum atomic E-state index is -0.192. The summed E-state index contributed by atoms with van der Waals surface area (Å²) in [4.78, 5) is 22.1. The Morgan fingerprint density at radius 3 is 2.52 bits per heavy atom. The Hall–Kier alpha value is -2.43. The predicted molar refractivity (Wildman–Crippen MR) is 81.6 cm³/mol. The molecule has 2 aromatic rings. The van der Waals surface area contributed by atoms with Gasteiger partial charge in [-0.25, -0.2) is 9.97 Å². The molecule has 1 aromatic heterocycles. The molecule has 3 rings (SSSR count). The molecule has 5 nitrogen and oxygen atoms in total. The van der Waals surface area contributed by atoms with Crippen LogP contribution in [0.25, 0.3) is 11.3 Å². The van der Waals surface area contributed by atoms with E-state index in [4.69, 9.17) is 5.73 Å². The van der Waals surface area contributed by atoms with Crippen LogP contribution in [0.1, 0.15) is 12.8 Å². The topological polar surface area (TPSA) is 72.1 Å². The Morgan fingerprint density at radius 1 is 1.14 bits per heavy atom. The van der Waals surface area contributed by atoms with Crippen LogP contribution in [0.3, 0.4) is 0 Å². The molecule has 0 atom stereocenters. The second kappa shape index (κ2) is 5.91. The SMILES string of the molecule is NC(=O)C1CCN(c2cc(-c3ccccc3)ncn2)CC1. The molecule has 0 saturated carbocycles. The number of piperidine rings is 1. The molecule has 1 saturated heterocycles. The molecular weight excluding hydrogens is 264 g/mol. The quantitative estimate of drug-likeness (QED) is 0.932. The third-order valence-corrected chi connectivity index (χ3v) is 3.94. The van der Waals surface area contributed by atoms with E-state index in [1.165, 1.54) is 0 Å². The fraction of sp³-hybridized carbons (Fsp3) is 0.312. The van der Waals surface area contributed by atoms with Crippen molar-refractivity contribution in [3.8, 4) is 11.3 Å². The lowest BCUT2D eigenvalue weighted by molar-refractivity contribution is -0.122. The maximum Gasteiger partial charge on any atom is 0.220 e. The van der Waals surface area contributed by atoms with E-state index in [0.29, 0.717) is 0 Å². The van der Waals surface area contributed by atoms with Gasteiger partial charge in [-0.15, -0.1) is 0 Å². The van der Waals surface area contributed by atoms with Gasteiger partial charge in [0, 0.05) is 30.6 Å². The number of carbonyl (C=O) groups excluding carboxylic acids is 1. The predicted octanol–water partition coefficient (Wildman–Crippen LogP) is 1.85. The van der Waals surface area contributed by atoms with E-state index >= 15 is 0 Å². The van der Waals surface area contributed by atoms with Crippen molar-refractivity contribution >= 4 is 11.7 Å². The van der Waals surface area contributed by atoms with E-state index in [1.54, 1.807) is 6.33 Å². The first-order chi connectivity index (χ1) is 10.2. The molecule has 1 fully saturated rings. The van der Waals surface area contributed by atoms with Crippen LogP contribution < -0.4 is 10.6 Å². The van der Waals surface area contributed by atoms with Crippen molar-refractivity contribution < 1.29 is 4.79 Å². The first-order valence-electron chi connectivity index (χ1n) is 7.16. The number of amides is 1. The van der Waals surface area contributed by atoms with Gasteiger partial charge in [-0.1, -0.05) is 30.3 Å². The average Bonchev–Trinajstić information content (AvgIpc) is 2.56. The lowest BCUT2D eigenvalue weighted by atomic mass is 9.96. The molecule has 0 unspecified atom stereocenters. The monoisotopic (exact) mass is 282 g/mol. The summed E-state index contributed by atoms with van der Waals surface area (Å²) in [5.41, 5.74) is 7.36. The summed E-state index contributed by atoms with van der Waals surface area (Å²) in [6, 6.07) is 12.0. The van der Waals surface area contributed by atoms with E-state index in [-0.39, 0.29) is 11.8 Å². The zero-order valence-corrected chi connectivity index (χ0v) is 11.8. The van der Waals surface area contributed by atoms with Crippen molar-refractivity contribution in [2.75, 3.05) is 18.0 Å². The van der Waals surface area contributed by atoms with Gasteiger partial charge in [0.25, 0.3) is 0 Å². The van der Waals surface area contributed by atoms with Crippen molar-refractivity contribution in [1.29, 1.82) is 0 Å². The van der Waals surface area contributed by atoms with E-state index < -0.39 is 0 Å². The summed E-state index contributed by atoms with van der Waals surface area (Å²) >= 11 is 0. The summed E-state index contributed by atoms with van der Waals surface area (Å²) in [6.07, 6.45) is 3.18. The molecule has 1 aromatic carbocycles. The zero-order chi connectivity index (χ0) is 14.7. The summed E-state index contributed by atoms with van der Waals surface area (Å²) in [5, 5.41) is 0. The highest BCUT2D eigenvalue weighted by Gasteiger charge is 2.23. The molecular formula is C16H18N4O. The van der Waals surface area contributed by atoms with E-state index in [0.717, 1.165) is 43.0 Å². The normalized spacial score (nSPS) is 15.9. The molecule has 108 valence electrons. The number of hydrogen-bond acceptors (Lipinski definition) is 4. The smallest absolute Gasteiger partial charge is 0.220 e. The lowest BCUT2D eigenvalue weighted by Crippen LogP contribution is -2.38. The molecule has 0 aliphatic carbocycles. The number of nitrogens with two attached hydrogens (primary N) is 1. The maximum absolute atomic E-state index is 11.2. The molecule has 0 spiro atoms. The van der Waals surface area contributed by atoms with Crippen molar-refractivity contribution in [2.24, 2.45) is 11.7 Å². The highest BCUT2D eigenvalue weighted by atomic mass is 16.1. The van der Waals surface area contributed by atoms with Crippen molar-refractivity contribution in [3.05, 3.63) is 42.7 Å². The standard InChI is InChI=1S/C16H18N4O/c17-16(21)13-6-8-20(9-7-13)15-10-14(18-11-19-15)12-4-2-1-3-5-12/h1-5,10-11,13H,6-9H2,(H2,17,21). The maximum atomic E-state index is 11.2. The number of primary amides is 1. The van der Waals surface area contributed by atoms with Gasteiger partial charge in [0.1, 0.15) is 12.1 Å². The van der Waals surface area contributed by atoms with Crippen molar-refractivity contribution in [2.45, 2.75) is 12.8 Å². The number of hydrogen-bond donors (Lipinski definition) is 1. The van der Waals surface area contributed by atoms with Gasteiger partial charge in [-0.2, -0.15) is 0 Å². The number of rotatable bonds is 3. The number of benzene rings is 1. The van der Waals surface area contributed by atoms with Crippen LogP contribution in [0, 0.1) is 5.92 Å². The summed E-state index contributed by atoms with van der Waals surface area (Å²) < 4.78 is 0. The third-order valence-electron chi connectivity index (χ3n) is 3.94. The number of carbonyl (C=O) groups is 1. The number of nitrogens with zero attached hydrogens (tertiary/aromatic N) is 3. The van der Waals surface area contributed by atoms with Crippen molar-refractivity contribution in [1.82, 2.24) is 9.97 Å². The lowest BCUT2D eigenvalue weighted by Gasteiger charge is -2.31. The van der Waals surface area contributed by atoms with Gasteiger partial charge >= 0.3 is 0 Å². The molecule has 21 heavy (non-hydrogen) atoms. The van der Waals surface area contributed by atoms with Gasteiger partial charge in [-0.3, -0.25) is 4.79 Å². The molecule has 2 N–H and O–H groups in total. The first kappa shape index (κ1) is 13.5. The molecule has 1 amide bonds. The van der Waals surface area contributed by atoms with Gasteiger partial charge in [0.15, 0.2) is 0 Å². The highest BCUT2D eigenvalue weighted by Crippen LogP contribution is 2.24. The summed E-state index contributed by atoms with van der Waals surface area (Å²) in [5.74, 6) is 0.714. The minimum Gasteiger partial charge on any atom is -0.369 e. The van der Waals surface area contributed by atoms with E-state index in [2.05, 4.69) is 14.9 Å². The Labute approximate surface area is 123 Å². The van der Waals surface area contributed by atoms with Crippen LogP contribution >= 0.6 is 0 Å². The van der Waals surface area contributed by atoms with Gasteiger partial charge in [-0.05, 0) is 12.8 Å². The van der Waals surface area contributed by atoms with Crippen LogP contribution in [0.4, 0.5) is 5.82 Å². The second-order valence-corrected chi connectivity index (χ2v) is 5.29. The fourth-order valence-corrected chi connectivity index (χ4v) is 2.68. The molecule has 2 heterocycles. The Morgan fingerprint density at radius 2 is 1.86 bits per heavy atom. The first-order valence-corrected chi connectivity index (χ1v) is 7.16. The van der Waals surface area contributed by atoms with Gasteiger partial charge in [0.2, 0.25) is 5.91 Å². The van der Waals surface area contributed by atoms with E-state index in [1.807, 2.05) is 36.4 Å².